The van der Waals surface area contributed by atoms with Gasteiger partial charge in [-0.05, 0) is 24.6 Å². The average molecular weight is 350 g/mol. The monoisotopic (exact) mass is 350 g/mol. The quantitative estimate of drug-likeness (QED) is 0.732. The largest absolute Gasteiger partial charge is 0.279 e. The van der Waals surface area contributed by atoms with E-state index in [-0.39, 0.29) is 11.1 Å². The third-order valence-corrected chi connectivity index (χ3v) is 4.93. The summed E-state index contributed by atoms with van der Waals surface area (Å²) in [7, 11) is 0. The first kappa shape index (κ1) is 15.6. The van der Waals surface area contributed by atoms with E-state index in [0.717, 1.165) is 11.3 Å². The fourth-order valence-electron chi connectivity index (χ4n) is 2.63. The van der Waals surface area contributed by atoms with Gasteiger partial charge in [-0.15, -0.1) is 5.10 Å². The van der Waals surface area contributed by atoms with Crippen LogP contribution in [0.4, 0.5) is 0 Å². The highest BCUT2D eigenvalue weighted by molar-refractivity contribution is 8.14. The molecule has 1 aliphatic rings. The van der Waals surface area contributed by atoms with E-state index >= 15 is 0 Å². The highest BCUT2D eigenvalue weighted by Gasteiger charge is 2.17. The second-order valence-electron chi connectivity index (χ2n) is 5.71. The fourth-order valence-corrected chi connectivity index (χ4v) is 3.47. The molecule has 0 unspecified atom stereocenters. The van der Waals surface area contributed by atoms with Crippen molar-refractivity contribution in [3.63, 3.8) is 0 Å². The molecule has 3 aromatic rings. The van der Waals surface area contributed by atoms with Crippen LogP contribution in [-0.2, 0) is 0 Å². The minimum Gasteiger partial charge on any atom is -0.267 e. The average Bonchev–Trinajstić information content (AvgIpc) is 2.66. The molecule has 124 valence electrons. The zero-order valence-corrected chi connectivity index (χ0v) is 14.2. The van der Waals surface area contributed by atoms with Crippen molar-refractivity contribution >= 4 is 33.4 Å². The van der Waals surface area contributed by atoms with Gasteiger partial charge in [-0.1, -0.05) is 53.7 Å². The Hall–Kier alpha value is -2.93. The molecule has 0 atom stereocenters. The number of nitrogens with zero attached hydrogens (tertiary/aromatic N) is 3. The molecule has 1 aromatic heterocycles. The lowest BCUT2D eigenvalue weighted by Gasteiger charge is -2.13. The maximum atomic E-state index is 12.6. The van der Waals surface area contributed by atoms with Gasteiger partial charge in [-0.25, -0.2) is 0 Å². The molecule has 1 aliphatic heterocycles. The van der Waals surface area contributed by atoms with Crippen LogP contribution in [0.2, 0.25) is 0 Å². The Balaban J connectivity index is 1.78. The molecular formula is C18H14N4O2S. The fraction of sp³-hybridized carbons (Fsp3) is 0.111. The predicted molar refractivity (Wildman–Crippen MR) is 102 cm³/mol. The molecule has 6 nitrogen and oxygen atoms in total. The van der Waals surface area contributed by atoms with E-state index in [0.29, 0.717) is 21.7 Å². The molecule has 4 rings (SSSR count). The number of aromatic amines is 1. The lowest BCUT2D eigenvalue weighted by atomic mass is 10.1. The number of nitrogens with one attached hydrogen (secondary N) is 1. The highest BCUT2D eigenvalue weighted by atomic mass is 32.2. The Bertz CT molecular complexity index is 1140. The molecule has 0 amide bonds. The van der Waals surface area contributed by atoms with Crippen molar-refractivity contribution in [1.82, 2.24) is 9.78 Å². The van der Waals surface area contributed by atoms with Gasteiger partial charge in [0.05, 0.1) is 16.5 Å². The van der Waals surface area contributed by atoms with Crippen LogP contribution in [0.25, 0.3) is 10.8 Å². The van der Waals surface area contributed by atoms with Gasteiger partial charge >= 0.3 is 0 Å². The maximum Gasteiger partial charge on any atom is 0.279 e. The maximum absolute atomic E-state index is 12.6. The molecule has 25 heavy (non-hydrogen) atoms. The summed E-state index contributed by atoms with van der Waals surface area (Å²) in [5.74, 6) is 0.573. The normalized spacial score (nSPS) is 14.3. The van der Waals surface area contributed by atoms with E-state index in [9.17, 15) is 9.59 Å². The first-order valence-corrected chi connectivity index (χ1v) is 8.71. The predicted octanol–water partition coefficient (Wildman–Crippen LogP) is 2.35. The summed E-state index contributed by atoms with van der Waals surface area (Å²) in [6.45, 7) is 2.03. The van der Waals surface area contributed by atoms with Crippen molar-refractivity contribution in [2.24, 2.45) is 10.2 Å². The Labute approximate surface area is 146 Å². The molecule has 0 saturated heterocycles. The summed E-state index contributed by atoms with van der Waals surface area (Å²) in [4.78, 5) is 24.8. The first-order valence-electron chi connectivity index (χ1n) is 7.72. The molecule has 2 aromatic carbocycles. The molecule has 0 radical (unpaired) electrons. The number of rotatable bonds is 1. The van der Waals surface area contributed by atoms with Crippen molar-refractivity contribution in [1.29, 1.82) is 0 Å². The highest BCUT2D eigenvalue weighted by Crippen LogP contribution is 2.16. The topological polar surface area (TPSA) is 79.6 Å². The van der Waals surface area contributed by atoms with Gasteiger partial charge in [0.25, 0.3) is 11.1 Å². The number of fused-ring (bicyclic) bond motifs is 1. The van der Waals surface area contributed by atoms with Crippen LogP contribution < -0.4 is 11.1 Å². The van der Waals surface area contributed by atoms with E-state index in [1.807, 2.05) is 31.2 Å². The van der Waals surface area contributed by atoms with Crippen molar-refractivity contribution in [3.05, 3.63) is 80.4 Å². The number of thioether (sulfide) groups is 1. The second kappa shape index (κ2) is 6.18. The Morgan fingerprint density at radius 3 is 2.40 bits per heavy atom. The van der Waals surface area contributed by atoms with E-state index in [1.165, 1.54) is 22.0 Å². The van der Waals surface area contributed by atoms with Crippen LogP contribution in [0.5, 0.6) is 0 Å². The van der Waals surface area contributed by atoms with Gasteiger partial charge in [0.1, 0.15) is 0 Å². The molecule has 0 aliphatic carbocycles. The lowest BCUT2D eigenvalue weighted by molar-refractivity contribution is 0.852. The van der Waals surface area contributed by atoms with Crippen LogP contribution >= 0.6 is 11.8 Å². The van der Waals surface area contributed by atoms with Gasteiger partial charge < -0.3 is 0 Å². The SMILES string of the molecule is Cc1ccc(C2=NN=C(n3[nH]c(=O)c4ccccc4c3=O)SC2)cc1. The minimum atomic E-state index is -0.327. The lowest BCUT2D eigenvalue weighted by Crippen LogP contribution is -2.34. The number of aromatic nitrogens is 2. The third kappa shape index (κ3) is 2.83. The van der Waals surface area contributed by atoms with Gasteiger partial charge in [0.15, 0.2) is 0 Å². The Kier molecular flexibility index (Phi) is 3.85. The van der Waals surface area contributed by atoms with Crippen molar-refractivity contribution in [3.8, 4) is 0 Å². The van der Waals surface area contributed by atoms with E-state index in [4.69, 9.17) is 0 Å². The minimum absolute atomic E-state index is 0.310. The number of benzene rings is 2. The number of H-pyrrole nitrogens is 1. The molecule has 0 fully saturated rings. The standard InChI is InChI=1S/C18H14N4O2S/c1-11-6-8-12(9-7-11)15-10-25-18(20-19-15)22-17(24)14-5-3-2-4-13(14)16(23)21-22/h2-9H,10H2,1H3,(H,21,23). The van der Waals surface area contributed by atoms with Crippen molar-refractivity contribution in [2.45, 2.75) is 6.92 Å². The molecule has 0 saturated carbocycles. The van der Waals surface area contributed by atoms with Crippen LogP contribution in [0.3, 0.4) is 0 Å². The van der Waals surface area contributed by atoms with E-state index in [1.54, 1.807) is 24.3 Å². The van der Waals surface area contributed by atoms with Crippen molar-refractivity contribution < 1.29 is 0 Å². The second-order valence-corrected chi connectivity index (χ2v) is 6.65. The van der Waals surface area contributed by atoms with E-state index in [2.05, 4.69) is 15.3 Å². The van der Waals surface area contributed by atoms with Crippen LogP contribution in [0.15, 0.2) is 68.3 Å². The zero-order chi connectivity index (χ0) is 17.4. The van der Waals surface area contributed by atoms with E-state index < -0.39 is 0 Å². The van der Waals surface area contributed by atoms with Crippen LogP contribution in [-0.4, -0.2) is 26.4 Å². The van der Waals surface area contributed by atoms with Crippen LogP contribution in [0, 0.1) is 6.92 Å². The summed E-state index contributed by atoms with van der Waals surface area (Å²) in [5.41, 5.74) is 2.38. The summed E-state index contributed by atoms with van der Waals surface area (Å²) in [5, 5.41) is 12.1. The molecule has 7 heteroatoms. The summed E-state index contributed by atoms with van der Waals surface area (Å²) in [6, 6.07) is 14.8. The number of aryl methyl sites for hydroxylation is 1. The number of hydrogen-bond acceptors (Lipinski definition) is 5. The molecular weight excluding hydrogens is 336 g/mol. The van der Waals surface area contributed by atoms with Gasteiger partial charge in [0.2, 0.25) is 5.17 Å². The van der Waals surface area contributed by atoms with Gasteiger partial charge in [0, 0.05) is 5.75 Å². The van der Waals surface area contributed by atoms with Gasteiger partial charge in [-0.3, -0.25) is 14.7 Å². The summed E-state index contributed by atoms with van der Waals surface area (Å²) in [6.07, 6.45) is 0. The first-order chi connectivity index (χ1) is 12.1. The van der Waals surface area contributed by atoms with Crippen LogP contribution in [0.1, 0.15) is 11.1 Å². The molecule has 2 heterocycles. The molecule has 0 bridgehead atoms. The summed E-state index contributed by atoms with van der Waals surface area (Å²) >= 11 is 1.37. The molecule has 1 N–H and O–H groups in total. The third-order valence-electron chi connectivity index (χ3n) is 3.99. The zero-order valence-electron chi connectivity index (χ0n) is 13.4. The smallest absolute Gasteiger partial charge is 0.267 e. The molecule has 0 spiro atoms. The van der Waals surface area contributed by atoms with Gasteiger partial charge in [-0.2, -0.15) is 9.78 Å². The number of hydrogen-bond donors (Lipinski definition) is 1. The Morgan fingerprint density at radius 1 is 1.00 bits per heavy atom. The Morgan fingerprint density at radius 2 is 1.72 bits per heavy atom. The summed E-state index contributed by atoms with van der Waals surface area (Å²) < 4.78 is 1.17. The van der Waals surface area contributed by atoms with Crippen molar-refractivity contribution in [2.75, 3.05) is 5.75 Å².